The number of hydrogen-bond donors (Lipinski definition) is 0. The minimum absolute atomic E-state index is 0.263. The summed E-state index contributed by atoms with van der Waals surface area (Å²) in [5.74, 6) is 1.02. The van der Waals surface area contributed by atoms with Crippen LogP contribution in [0.5, 0.6) is 0 Å². The fraction of sp³-hybridized carbons (Fsp3) is 0.529. The van der Waals surface area contributed by atoms with Crippen molar-refractivity contribution in [1.29, 1.82) is 0 Å². The van der Waals surface area contributed by atoms with E-state index >= 15 is 0 Å². The molecule has 4 heteroatoms. The van der Waals surface area contributed by atoms with E-state index in [2.05, 4.69) is 31.1 Å². The molecule has 1 amide bonds. The third-order valence-electron chi connectivity index (χ3n) is 4.54. The molecule has 1 aromatic carbocycles. The Morgan fingerprint density at radius 2 is 2.10 bits per heavy atom. The van der Waals surface area contributed by atoms with Crippen LogP contribution >= 0.6 is 0 Å². The van der Waals surface area contributed by atoms with Crippen LogP contribution in [-0.2, 0) is 11.3 Å². The molecule has 0 bridgehead atoms. The summed E-state index contributed by atoms with van der Waals surface area (Å²) in [5, 5.41) is 5.58. The van der Waals surface area contributed by atoms with E-state index in [1.807, 2.05) is 21.8 Å². The second kappa shape index (κ2) is 5.88. The lowest BCUT2D eigenvalue weighted by molar-refractivity contribution is -0.132. The first-order valence-corrected chi connectivity index (χ1v) is 7.84. The maximum absolute atomic E-state index is 12.3. The maximum Gasteiger partial charge on any atom is 0.224 e. The normalized spacial score (nSPS) is 16.6. The third kappa shape index (κ3) is 2.94. The van der Waals surface area contributed by atoms with Crippen molar-refractivity contribution in [3.8, 4) is 0 Å². The van der Waals surface area contributed by atoms with Crippen LogP contribution in [0, 0.1) is 12.8 Å². The molecule has 21 heavy (non-hydrogen) atoms. The number of carbonyl (C=O) groups excluding carboxylic acids is 1. The van der Waals surface area contributed by atoms with Crippen LogP contribution < -0.4 is 0 Å². The van der Waals surface area contributed by atoms with E-state index in [0.29, 0.717) is 13.0 Å². The topological polar surface area (TPSA) is 38.1 Å². The van der Waals surface area contributed by atoms with Crippen molar-refractivity contribution in [2.45, 2.75) is 39.7 Å². The van der Waals surface area contributed by atoms with Gasteiger partial charge in [-0.05, 0) is 31.2 Å². The highest BCUT2D eigenvalue weighted by molar-refractivity contribution is 5.82. The van der Waals surface area contributed by atoms with Gasteiger partial charge in [0.15, 0.2) is 0 Å². The Labute approximate surface area is 125 Å². The molecule has 1 aliphatic heterocycles. The molecule has 0 aliphatic carbocycles. The number of aromatic nitrogens is 2. The molecule has 0 saturated carbocycles. The largest absolute Gasteiger partial charge is 0.343 e. The van der Waals surface area contributed by atoms with Crippen molar-refractivity contribution >= 4 is 16.8 Å². The van der Waals surface area contributed by atoms with E-state index in [9.17, 15) is 4.79 Å². The Bertz CT molecular complexity index is 639. The molecule has 4 nitrogen and oxygen atoms in total. The molecule has 3 rings (SSSR count). The second-order valence-corrected chi connectivity index (χ2v) is 6.19. The summed E-state index contributed by atoms with van der Waals surface area (Å²) in [5.41, 5.74) is 2.36. The van der Waals surface area contributed by atoms with E-state index in [4.69, 9.17) is 0 Å². The molecule has 1 saturated heterocycles. The van der Waals surface area contributed by atoms with Gasteiger partial charge in [0.05, 0.1) is 18.3 Å². The van der Waals surface area contributed by atoms with Crippen LogP contribution in [0.1, 0.15) is 31.7 Å². The number of carbonyl (C=O) groups is 1. The van der Waals surface area contributed by atoms with Crippen LogP contribution in [0.3, 0.4) is 0 Å². The highest BCUT2D eigenvalue weighted by Crippen LogP contribution is 2.19. The predicted octanol–water partition coefficient (Wildman–Crippen LogP) is 2.99. The fourth-order valence-electron chi connectivity index (χ4n) is 3.12. The lowest BCUT2D eigenvalue weighted by Crippen LogP contribution is -2.38. The average Bonchev–Trinajstić information content (AvgIpc) is 2.90. The zero-order valence-corrected chi connectivity index (χ0v) is 12.9. The lowest BCUT2D eigenvalue weighted by Gasteiger charge is -2.30. The average molecular weight is 285 g/mol. The van der Waals surface area contributed by atoms with Crippen molar-refractivity contribution in [3.05, 3.63) is 30.0 Å². The molecule has 2 aromatic rings. The molecule has 0 spiro atoms. The smallest absolute Gasteiger partial charge is 0.224 e. The number of rotatable bonds is 3. The SMILES string of the molecule is Cc1cccc2cnn(CCC(=O)N3CCC(C)CC3)c12. The van der Waals surface area contributed by atoms with Gasteiger partial charge in [0.25, 0.3) is 0 Å². The van der Waals surface area contributed by atoms with E-state index < -0.39 is 0 Å². The van der Waals surface area contributed by atoms with Gasteiger partial charge in [-0.3, -0.25) is 9.48 Å². The minimum atomic E-state index is 0.263. The summed E-state index contributed by atoms with van der Waals surface area (Å²) >= 11 is 0. The molecular formula is C17H23N3O. The number of hydrogen-bond acceptors (Lipinski definition) is 2. The van der Waals surface area contributed by atoms with Crippen molar-refractivity contribution < 1.29 is 4.79 Å². The molecule has 0 radical (unpaired) electrons. The summed E-state index contributed by atoms with van der Waals surface area (Å²) in [7, 11) is 0. The molecular weight excluding hydrogens is 262 g/mol. The van der Waals surface area contributed by atoms with Gasteiger partial charge in [-0.15, -0.1) is 0 Å². The van der Waals surface area contributed by atoms with Crippen molar-refractivity contribution in [2.75, 3.05) is 13.1 Å². The Hall–Kier alpha value is -1.84. The molecule has 0 N–H and O–H groups in total. The fourth-order valence-corrected chi connectivity index (χ4v) is 3.12. The Balaban J connectivity index is 1.65. The molecule has 1 fully saturated rings. The van der Waals surface area contributed by atoms with Crippen molar-refractivity contribution in [1.82, 2.24) is 14.7 Å². The number of piperidine rings is 1. The standard InChI is InChI=1S/C17H23N3O/c1-13-6-9-19(10-7-13)16(21)8-11-20-17-14(2)4-3-5-15(17)12-18-20/h3-5,12-13H,6-11H2,1-2H3. The van der Waals surface area contributed by atoms with E-state index in [1.165, 1.54) is 5.56 Å². The first-order valence-electron chi connectivity index (χ1n) is 7.84. The van der Waals surface area contributed by atoms with Gasteiger partial charge in [0.2, 0.25) is 5.91 Å². The first-order chi connectivity index (χ1) is 10.1. The maximum atomic E-state index is 12.3. The Kier molecular flexibility index (Phi) is 3.95. The molecule has 2 heterocycles. The predicted molar refractivity (Wildman–Crippen MR) is 84.1 cm³/mol. The number of nitrogens with zero attached hydrogens (tertiary/aromatic N) is 3. The monoisotopic (exact) mass is 285 g/mol. The second-order valence-electron chi connectivity index (χ2n) is 6.19. The molecule has 0 unspecified atom stereocenters. The number of amides is 1. The van der Waals surface area contributed by atoms with Gasteiger partial charge in [-0.25, -0.2) is 0 Å². The number of likely N-dealkylation sites (tertiary alicyclic amines) is 1. The zero-order valence-electron chi connectivity index (χ0n) is 12.9. The quantitative estimate of drug-likeness (QED) is 0.869. The summed E-state index contributed by atoms with van der Waals surface area (Å²) in [6.45, 7) is 6.85. The van der Waals surface area contributed by atoms with Crippen LogP contribution in [0.25, 0.3) is 10.9 Å². The van der Waals surface area contributed by atoms with Gasteiger partial charge >= 0.3 is 0 Å². The number of fused-ring (bicyclic) bond motifs is 1. The zero-order chi connectivity index (χ0) is 14.8. The Morgan fingerprint density at radius 3 is 2.86 bits per heavy atom. The van der Waals surface area contributed by atoms with Gasteiger partial charge < -0.3 is 4.90 Å². The summed E-state index contributed by atoms with van der Waals surface area (Å²) < 4.78 is 1.97. The number of para-hydroxylation sites is 1. The highest BCUT2D eigenvalue weighted by atomic mass is 16.2. The molecule has 1 aromatic heterocycles. The van der Waals surface area contributed by atoms with E-state index in [-0.39, 0.29) is 5.91 Å². The van der Waals surface area contributed by atoms with Crippen LogP contribution in [0.15, 0.2) is 24.4 Å². The third-order valence-corrected chi connectivity index (χ3v) is 4.54. The van der Waals surface area contributed by atoms with Gasteiger partial charge in [0.1, 0.15) is 0 Å². The number of benzene rings is 1. The van der Waals surface area contributed by atoms with Gasteiger partial charge in [0, 0.05) is 24.9 Å². The summed E-state index contributed by atoms with van der Waals surface area (Å²) in [6.07, 6.45) is 4.69. The first kappa shape index (κ1) is 14.1. The van der Waals surface area contributed by atoms with Crippen LogP contribution in [0.2, 0.25) is 0 Å². The van der Waals surface area contributed by atoms with Crippen LogP contribution in [0.4, 0.5) is 0 Å². The molecule has 112 valence electrons. The molecule has 1 aliphatic rings. The van der Waals surface area contributed by atoms with Gasteiger partial charge in [-0.1, -0.05) is 25.1 Å². The van der Waals surface area contributed by atoms with E-state index in [0.717, 1.165) is 42.8 Å². The van der Waals surface area contributed by atoms with Crippen molar-refractivity contribution in [3.63, 3.8) is 0 Å². The lowest BCUT2D eigenvalue weighted by atomic mass is 9.99. The van der Waals surface area contributed by atoms with Crippen LogP contribution in [-0.4, -0.2) is 33.7 Å². The van der Waals surface area contributed by atoms with E-state index in [1.54, 1.807) is 0 Å². The summed E-state index contributed by atoms with van der Waals surface area (Å²) in [4.78, 5) is 14.3. The van der Waals surface area contributed by atoms with Crippen molar-refractivity contribution in [2.24, 2.45) is 5.92 Å². The molecule has 0 atom stereocenters. The minimum Gasteiger partial charge on any atom is -0.343 e. The summed E-state index contributed by atoms with van der Waals surface area (Å²) in [6, 6.07) is 6.21. The number of aryl methyl sites for hydroxylation is 2. The highest BCUT2D eigenvalue weighted by Gasteiger charge is 2.20. The Morgan fingerprint density at radius 1 is 1.33 bits per heavy atom. The van der Waals surface area contributed by atoms with Gasteiger partial charge in [-0.2, -0.15) is 5.10 Å².